The lowest BCUT2D eigenvalue weighted by Gasteiger charge is -2.32. The Labute approximate surface area is 869 Å². The topological polar surface area (TPSA) is 739 Å². The fraction of sp³-hybridized carbons (Fsp3) is 0.515. The monoisotopic (exact) mass is 2090 g/mol. The molecule has 0 bridgehead atoms. The maximum atomic E-state index is 15.8. The van der Waals surface area contributed by atoms with Crippen molar-refractivity contribution in [3.05, 3.63) is 161 Å². The molecule has 46 heteroatoms. The highest BCUT2D eigenvalue weighted by Gasteiger charge is 2.42. The van der Waals surface area contributed by atoms with Gasteiger partial charge in [0.15, 0.2) is 6.61 Å². The number of nitrogens with zero attached hydrogens (tertiary/aromatic N) is 1. The number of carbonyl (C=O) groups excluding carboxylic acids is 17. The molecule has 0 radical (unpaired) electrons. The Balaban J connectivity index is 1.39. The van der Waals surface area contributed by atoms with Crippen LogP contribution in [-0.2, 0) is 117 Å². The van der Waals surface area contributed by atoms with E-state index in [9.17, 15) is 72.9 Å². The van der Waals surface area contributed by atoms with Gasteiger partial charge in [-0.1, -0.05) is 168 Å². The summed E-state index contributed by atoms with van der Waals surface area (Å²) in [6, 6.07) is 8.24. The molecule has 1 saturated carbocycles. The number of carboxylic acid groups (broad SMARTS) is 3. The number of primary amides is 2. The first-order valence-corrected chi connectivity index (χ1v) is 51.2. The molecule has 7 rings (SSSR count). The molecule has 45 nitrogen and oxygen atoms in total. The Morgan fingerprint density at radius 3 is 1.44 bits per heavy atom. The van der Waals surface area contributed by atoms with Crippen LogP contribution in [-0.4, -0.2) is 281 Å². The van der Waals surface area contributed by atoms with E-state index in [1.54, 1.807) is 83.1 Å². The molecule has 29 N–H and O–H groups in total. The summed E-state index contributed by atoms with van der Waals surface area (Å²) in [5.41, 5.74) is 38.5. The molecule has 2 aliphatic rings. The number of nitrogens with one attached hydrogen (secondary N) is 14. The van der Waals surface area contributed by atoms with Crippen molar-refractivity contribution in [1.82, 2.24) is 79.3 Å². The quantitative estimate of drug-likeness (QED) is 0.0211. The average Bonchev–Trinajstić information content (AvgIpc) is 0.834. The van der Waals surface area contributed by atoms with Crippen LogP contribution in [0, 0.1) is 24.7 Å². The number of aliphatic carboxylic acids is 2. The van der Waals surface area contributed by atoms with Gasteiger partial charge in [0.1, 0.15) is 96.4 Å². The number of carbonyl (C=O) groups is 20. The zero-order valence-electron chi connectivity index (χ0n) is 85.1. The first-order valence-electron chi connectivity index (χ1n) is 50.0. The van der Waals surface area contributed by atoms with E-state index >= 15 is 38.4 Å². The number of thioether (sulfide) groups is 1. The minimum Gasteiger partial charge on any atom is -0.482 e. The molecule has 0 aromatic heterocycles. The van der Waals surface area contributed by atoms with E-state index in [1.807, 2.05) is 30.3 Å². The van der Waals surface area contributed by atoms with Crippen LogP contribution in [0.15, 0.2) is 127 Å². The van der Waals surface area contributed by atoms with E-state index in [2.05, 4.69) is 74.4 Å². The van der Waals surface area contributed by atoms with Gasteiger partial charge in [-0.15, -0.1) is 11.8 Å². The Bertz CT molecular complexity index is 5410. The van der Waals surface area contributed by atoms with Crippen LogP contribution in [0.3, 0.4) is 0 Å². The Hall–Kier alpha value is -14.5. The SMILES string of the molecule is Cc1cccc(C[C@@H]2NC(=O)[C@H](CC(=O)O)NC(=O)[C@H](Cc3ccc(OCC(=O)O)cc3)NC(=O)[C@H](CCCCN)NC(=O)CSC[C@@H](C(=O)N[C@@H](CCN)C(N)=O)NC(=O)[C@H](CCCN)NC(=O)[C@H](C(C)C)NC(=O)[C@H](CC3CCCCC3)NC(=O)[C@H](CCN)NC(=O)[C@@H](CC(C)C)NC(=O)[C@H](C)N(C)C(=O)[C@H](CCC(N)=O)NC(=O)[C@H](Cc3ccc(-c4ccccc4)cc3)NC(=O)[C@H](Cc3ccc(C(=O)O)cc3)NC2=O)c1. The van der Waals surface area contributed by atoms with E-state index < -0.39 is 278 Å². The fourth-order valence-corrected chi connectivity index (χ4v) is 17.8. The number of ether oxygens (including phenoxy) is 1. The van der Waals surface area contributed by atoms with E-state index in [-0.39, 0.29) is 118 Å². The van der Waals surface area contributed by atoms with Crippen molar-refractivity contribution in [1.29, 1.82) is 0 Å². The Morgan fingerprint density at radius 1 is 0.456 bits per heavy atom. The number of benzene rings is 5. The van der Waals surface area contributed by atoms with Crippen LogP contribution in [0.25, 0.3) is 11.1 Å². The van der Waals surface area contributed by atoms with E-state index in [1.165, 1.54) is 62.5 Å². The standard InChI is InChI=1S/C103H145N21O24S/c1-57(2)46-75-93(136)112-73(41-45-107)92(135)117-79(48-61-19-10-8-11-20-61)99(142)123-87(58(3)4)101(144)113-72(25-17-43-105)91(134)122-82(100(143)111-70(40-44-106)88(109)131)55-149-56-84(126)110-71(24-14-15-42-104)90(133)116-77(51-64-30-36-69(37-31-64)148-54-86(129)130)96(139)121-81(53-85(127)128)98(141)120-80(52-65-21-16-18-59(5)47-65)97(140)119-78(50-63-28-34-68(35-29-63)103(146)147)95(138)118-76(49-62-26-32-67(33-27-62)66-22-12-9-13-23-66)94(137)114-74(38-39-83(108)125)102(145)124(7)60(6)89(132)115-75/h9,12-13,16,18,21-23,26-37,47,57-58,60-61,70-82,87H,8,10-11,14-15,17,19-20,24-25,38-46,48-56,104-107H2,1-7H3,(H2,108,125)(H2,109,131)(H,110,126)(H,111,143)(H,112,136)(H,113,144)(H,114,137)(H,115,132)(H,116,133)(H,117,135)(H,118,138)(H,119,140)(H,120,141)(H,121,139)(H,122,134)(H,123,142)(H,127,128)(H,129,130)(H,146,147)/t60-,70-,71-,72-,73-,74-,75+,76-,77-,78-,79-,80-,81-,82-,87-/m0/s1. The number of rotatable bonds is 37. The maximum Gasteiger partial charge on any atom is 0.341 e. The van der Waals surface area contributed by atoms with Crippen molar-refractivity contribution in [2.24, 2.45) is 52.2 Å². The third-order valence-corrected chi connectivity index (χ3v) is 26.4. The van der Waals surface area contributed by atoms with Gasteiger partial charge in [-0.3, -0.25) is 86.3 Å². The van der Waals surface area contributed by atoms with Gasteiger partial charge in [-0.25, -0.2) is 9.59 Å². The molecule has 0 unspecified atom stereocenters. The van der Waals surface area contributed by atoms with Gasteiger partial charge in [0.25, 0.3) is 0 Å². The van der Waals surface area contributed by atoms with E-state index in [0.717, 1.165) is 47.1 Å². The minimum absolute atomic E-state index is 0.0328. The van der Waals surface area contributed by atoms with E-state index in [4.69, 9.17) is 39.1 Å². The molecule has 5 aromatic carbocycles. The van der Waals surface area contributed by atoms with Crippen LogP contribution in [0.4, 0.5) is 0 Å². The molecule has 2 fully saturated rings. The number of aryl methyl sites for hydroxylation is 1. The summed E-state index contributed by atoms with van der Waals surface area (Å²) >= 11 is 0.729. The third kappa shape index (κ3) is 41.3. The summed E-state index contributed by atoms with van der Waals surface area (Å²) < 4.78 is 5.34. The summed E-state index contributed by atoms with van der Waals surface area (Å²) in [6.07, 6.45) is -0.744. The summed E-state index contributed by atoms with van der Waals surface area (Å²) in [7, 11) is 1.20. The first-order chi connectivity index (χ1) is 70.9. The Kier molecular flexibility index (Phi) is 50.5. The second-order valence-electron chi connectivity index (χ2n) is 38.2. The van der Waals surface area contributed by atoms with Gasteiger partial charge in [-0.2, -0.15) is 0 Å². The molecule has 15 atom stereocenters. The summed E-state index contributed by atoms with van der Waals surface area (Å²) in [5.74, 6) is -24.1. The summed E-state index contributed by atoms with van der Waals surface area (Å²) in [5, 5.41) is 67.0. The fourth-order valence-electron chi connectivity index (χ4n) is 17.0. The number of hydrogen-bond acceptors (Lipinski definition) is 26. The predicted molar refractivity (Wildman–Crippen MR) is 551 cm³/mol. The second-order valence-corrected chi connectivity index (χ2v) is 39.2. The molecule has 1 aliphatic heterocycles. The van der Waals surface area contributed by atoms with Gasteiger partial charge < -0.3 is 134 Å². The Morgan fingerprint density at radius 2 is 0.926 bits per heavy atom. The van der Waals surface area contributed by atoms with Gasteiger partial charge in [0.05, 0.1) is 17.7 Å². The van der Waals surface area contributed by atoms with E-state index in [0.29, 0.717) is 29.5 Å². The number of amides is 17. The number of likely N-dealkylation sites (N-methyl/N-ethyl adjacent to an activating group) is 1. The second kappa shape index (κ2) is 61.9. The van der Waals surface area contributed by atoms with Crippen LogP contribution in [0.1, 0.15) is 182 Å². The van der Waals surface area contributed by atoms with Crippen molar-refractivity contribution in [2.45, 2.75) is 267 Å². The van der Waals surface area contributed by atoms with Crippen LogP contribution < -0.4 is 114 Å². The highest BCUT2D eigenvalue weighted by atomic mass is 32.2. The smallest absolute Gasteiger partial charge is 0.341 e. The number of aromatic carboxylic acids is 1. The highest BCUT2D eigenvalue weighted by Crippen LogP contribution is 2.29. The number of unbranched alkanes of at least 4 members (excludes halogenated alkanes) is 1. The molecule has 17 amide bonds. The minimum atomic E-state index is -2.16. The molecular formula is C103H145N21O24S. The van der Waals surface area contributed by atoms with Crippen LogP contribution >= 0.6 is 11.8 Å². The number of carboxylic acids is 3. The van der Waals surface area contributed by atoms with Crippen molar-refractivity contribution in [3.63, 3.8) is 0 Å². The average molecular weight is 2090 g/mol. The first kappa shape index (κ1) is 121. The lowest BCUT2D eigenvalue weighted by Crippen LogP contribution is -2.62. The third-order valence-electron chi connectivity index (χ3n) is 25.3. The molecular weight excluding hydrogens is 1950 g/mol. The van der Waals surface area contributed by atoms with Gasteiger partial charge in [0.2, 0.25) is 100 Å². The number of nitrogens with two attached hydrogens (primary N) is 6. The predicted octanol–water partition coefficient (Wildman–Crippen LogP) is -1.06. The molecule has 1 saturated heterocycles. The molecule has 1 aliphatic carbocycles. The lowest BCUT2D eigenvalue weighted by atomic mass is 9.84. The van der Waals surface area contributed by atoms with Gasteiger partial charge in [0, 0.05) is 44.9 Å². The van der Waals surface area contributed by atoms with Gasteiger partial charge >= 0.3 is 17.9 Å². The molecule has 5 aromatic rings. The summed E-state index contributed by atoms with van der Waals surface area (Å²) in [4.78, 5) is 290. The number of hydrogen-bond donors (Lipinski definition) is 23. The molecule has 0 spiro atoms. The van der Waals surface area contributed by atoms with Gasteiger partial charge in [-0.05, 0) is 180 Å². The van der Waals surface area contributed by atoms with Crippen molar-refractivity contribution in [2.75, 3.05) is 51.3 Å². The zero-order chi connectivity index (χ0) is 110. The largest absolute Gasteiger partial charge is 0.482 e. The highest BCUT2D eigenvalue weighted by molar-refractivity contribution is 8.00. The van der Waals surface area contributed by atoms with Crippen LogP contribution in [0.5, 0.6) is 5.75 Å². The summed E-state index contributed by atoms with van der Waals surface area (Å²) in [6.45, 7) is 8.58. The van der Waals surface area contributed by atoms with Crippen molar-refractivity contribution >= 4 is 130 Å². The molecule has 149 heavy (non-hydrogen) atoms. The maximum absolute atomic E-state index is 15.8. The van der Waals surface area contributed by atoms with Crippen molar-refractivity contribution < 1.29 is 116 Å². The molecule has 812 valence electrons. The van der Waals surface area contributed by atoms with Crippen molar-refractivity contribution in [3.8, 4) is 16.9 Å². The molecule has 1 heterocycles. The lowest BCUT2D eigenvalue weighted by molar-refractivity contribution is -0.143. The van der Waals surface area contributed by atoms with Crippen LogP contribution in [0.2, 0.25) is 0 Å². The normalized spacial score (nSPS) is 22.8. The zero-order valence-corrected chi connectivity index (χ0v) is 85.9.